The van der Waals surface area contributed by atoms with E-state index in [0.29, 0.717) is 24.2 Å². The van der Waals surface area contributed by atoms with Crippen LogP contribution in [0.5, 0.6) is 0 Å². The van der Waals surface area contributed by atoms with Gasteiger partial charge in [0, 0.05) is 30.9 Å². The summed E-state index contributed by atoms with van der Waals surface area (Å²) in [6.45, 7) is 9.63. The number of methoxy groups -OCH3 is 1. The lowest BCUT2D eigenvalue weighted by atomic mass is 9.69. The maximum atomic E-state index is 14.5. The molecule has 5 heterocycles. The summed E-state index contributed by atoms with van der Waals surface area (Å²) in [5.74, 6) is -4.11. The van der Waals surface area contributed by atoms with Gasteiger partial charge in [0.15, 0.2) is 6.10 Å². The monoisotopic (exact) mass is 558 g/mol. The minimum Gasteiger partial charge on any atom is -0.454 e. The quantitative estimate of drug-likeness (QED) is 0.495. The number of ketones is 1. The Kier molecular flexibility index (Phi) is 5.24. The summed E-state index contributed by atoms with van der Waals surface area (Å²) in [6.07, 6.45) is 1.64. The molecule has 2 aliphatic carbocycles. The molecule has 7 rings (SSSR count). The van der Waals surface area contributed by atoms with Gasteiger partial charge in [-0.3, -0.25) is 4.79 Å². The first-order valence-corrected chi connectivity index (χ1v) is 14.3. The van der Waals surface area contributed by atoms with Gasteiger partial charge in [0.2, 0.25) is 11.6 Å². The van der Waals surface area contributed by atoms with E-state index >= 15 is 0 Å². The first-order chi connectivity index (χ1) is 18.7. The fraction of sp³-hybridized carbons (Fsp3) is 0.767. The Balaban J connectivity index is 1.28. The largest absolute Gasteiger partial charge is 0.454 e. The van der Waals surface area contributed by atoms with Gasteiger partial charge >= 0.3 is 11.9 Å². The first-order valence-electron chi connectivity index (χ1n) is 14.3. The van der Waals surface area contributed by atoms with Crippen molar-refractivity contribution in [2.75, 3.05) is 7.11 Å². The summed E-state index contributed by atoms with van der Waals surface area (Å²) in [7, 11) is 1.48. The van der Waals surface area contributed by atoms with Crippen LogP contribution in [0.25, 0.3) is 0 Å². The standard InChI is InChI=1S/C30H38O10/c1-13(9-15-10-14(2)24(34)37-15)18-21-27(18,5)7-8-28-12-29-17(26(3,4)38-23(29)20(32)25(35)39-29)11-16(31)19(28)22(33)30(21,36-6)40-28/h9-10,13,16-21,23,31-32H,7-8,11-12H2,1-6H3/b15-9+/t13-,16+,17+,18?,19+,20-,21?,23-,27?,28+,29-,30+/m1/s1. The number of carbonyl (C=O) groups is 3. The molecule has 2 spiro atoms. The molecule has 0 amide bonds. The number of carbonyl (C=O) groups excluding carboxylic acids is 3. The SMILES string of the molecule is CO[C@]12O[C@@]3(CCC4(C)C([C@H](C)/C=C5\C=C(C)C(=O)O5)C41)C[C@]14OC(=O)[C@H](O)[C@H]1OC(C)(C)[C@@H]4C[C@H](O)[C@H]3C2=O. The molecule has 40 heavy (non-hydrogen) atoms. The van der Waals surface area contributed by atoms with Gasteiger partial charge < -0.3 is 33.9 Å². The van der Waals surface area contributed by atoms with Crippen molar-refractivity contribution in [1.82, 2.24) is 0 Å². The van der Waals surface area contributed by atoms with E-state index in [2.05, 4.69) is 6.92 Å². The molecule has 10 nitrogen and oxygen atoms in total. The number of ether oxygens (including phenoxy) is 5. The van der Waals surface area contributed by atoms with Crippen LogP contribution in [0.2, 0.25) is 0 Å². The predicted octanol–water partition coefficient (Wildman–Crippen LogP) is 1.96. The van der Waals surface area contributed by atoms with Gasteiger partial charge in [-0.15, -0.1) is 0 Å². The van der Waals surface area contributed by atoms with Crippen molar-refractivity contribution in [3.8, 4) is 0 Å². The number of aliphatic hydroxyl groups is 2. The Morgan fingerprint density at radius 3 is 2.52 bits per heavy atom. The highest BCUT2D eigenvalue weighted by molar-refractivity contribution is 5.93. The fourth-order valence-corrected chi connectivity index (χ4v) is 9.95. The third-order valence-corrected chi connectivity index (χ3v) is 11.6. The molecule has 5 aliphatic heterocycles. The van der Waals surface area contributed by atoms with Crippen molar-refractivity contribution >= 4 is 17.7 Å². The van der Waals surface area contributed by atoms with Crippen molar-refractivity contribution in [3.05, 3.63) is 23.5 Å². The van der Waals surface area contributed by atoms with Crippen LogP contribution < -0.4 is 0 Å². The molecule has 10 heteroatoms. The van der Waals surface area contributed by atoms with Crippen molar-refractivity contribution < 1.29 is 48.3 Å². The van der Waals surface area contributed by atoms with Crippen LogP contribution in [0.4, 0.5) is 0 Å². The summed E-state index contributed by atoms with van der Waals surface area (Å²) >= 11 is 0. The number of cyclic esters (lactones) is 1. The highest BCUT2D eigenvalue weighted by Crippen LogP contribution is 2.76. The summed E-state index contributed by atoms with van der Waals surface area (Å²) in [5.41, 5.74) is -2.96. The van der Waals surface area contributed by atoms with Crippen molar-refractivity contribution in [3.63, 3.8) is 0 Å². The van der Waals surface area contributed by atoms with E-state index in [9.17, 15) is 24.6 Å². The fourth-order valence-electron chi connectivity index (χ4n) is 9.95. The van der Waals surface area contributed by atoms with E-state index in [1.165, 1.54) is 7.11 Å². The van der Waals surface area contributed by atoms with Gasteiger partial charge in [-0.05, 0) is 69.4 Å². The summed E-state index contributed by atoms with van der Waals surface area (Å²) in [5, 5.41) is 22.5. The first kappa shape index (κ1) is 26.8. The zero-order valence-electron chi connectivity index (χ0n) is 23.8. The second-order valence-electron chi connectivity index (χ2n) is 14.0. The number of hydrogen-bond acceptors (Lipinski definition) is 10. The van der Waals surface area contributed by atoms with Gasteiger partial charge in [0.25, 0.3) is 0 Å². The molecule has 7 aliphatic rings. The second-order valence-corrected chi connectivity index (χ2v) is 14.0. The van der Waals surface area contributed by atoms with Crippen LogP contribution >= 0.6 is 0 Å². The van der Waals surface area contributed by atoms with E-state index in [1.54, 1.807) is 13.0 Å². The lowest BCUT2D eigenvalue weighted by Crippen LogP contribution is -2.52. The third kappa shape index (κ3) is 3.04. The molecule has 0 aromatic rings. The molecule has 0 radical (unpaired) electrons. The predicted molar refractivity (Wildman–Crippen MR) is 136 cm³/mol. The van der Waals surface area contributed by atoms with Crippen LogP contribution in [0.15, 0.2) is 23.5 Å². The minimum atomic E-state index is -1.58. The Morgan fingerprint density at radius 2 is 1.88 bits per heavy atom. The number of allylic oxidation sites excluding steroid dienone is 2. The van der Waals surface area contributed by atoms with E-state index in [4.69, 9.17) is 23.7 Å². The van der Waals surface area contributed by atoms with Crippen LogP contribution in [-0.4, -0.2) is 75.9 Å². The highest BCUT2D eigenvalue weighted by Gasteiger charge is 2.84. The summed E-state index contributed by atoms with van der Waals surface area (Å²) < 4.78 is 30.6. The maximum absolute atomic E-state index is 14.5. The maximum Gasteiger partial charge on any atom is 0.339 e. The lowest BCUT2D eigenvalue weighted by Gasteiger charge is -2.41. The number of esters is 2. The average molecular weight is 559 g/mol. The minimum absolute atomic E-state index is 0.00674. The second kappa shape index (κ2) is 7.83. The Bertz CT molecular complexity index is 1280. The molecule has 0 aromatic heterocycles. The van der Waals surface area contributed by atoms with E-state index in [1.807, 2.05) is 26.8 Å². The van der Waals surface area contributed by atoms with E-state index in [0.717, 1.165) is 0 Å². The van der Waals surface area contributed by atoms with E-state index < -0.39 is 58.7 Å². The van der Waals surface area contributed by atoms with Gasteiger partial charge in [0.1, 0.15) is 17.5 Å². The molecule has 4 saturated heterocycles. The molecule has 218 valence electrons. The molecule has 3 unspecified atom stereocenters. The molecule has 0 aromatic carbocycles. The van der Waals surface area contributed by atoms with Crippen molar-refractivity contribution in [1.29, 1.82) is 0 Å². The summed E-state index contributed by atoms with van der Waals surface area (Å²) in [6, 6.07) is 0. The summed E-state index contributed by atoms with van der Waals surface area (Å²) in [4.78, 5) is 39.0. The molecule has 2 bridgehead atoms. The van der Waals surface area contributed by atoms with Crippen LogP contribution in [0.3, 0.4) is 0 Å². The number of aliphatic hydroxyl groups excluding tert-OH is 2. The van der Waals surface area contributed by atoms with Crippen LogP contribution in [0, 0.1) is 35.0 Å². The third-order valence-electron chi connectivity index (χ3n) is 11.6. The normalized spacial score (nSPS) is 53.5. The van der Waals surface area contributed by atoms with Gasteiger partial charge in [0.05, 0.1) is 23.2 Å². The smallest absolute Gasteiger partial charge is 0.339 e. The Morgan fingerprint density at radius 1 is 1.15 bits per heavy atom. The van der Waals surface area contributed by atoms with Crippen LogP contribution in [0.1, 0.15) is 60.3 Å². The molecule has 12 atom stereocenters. The number of fused-ring (bicyclic) bond motifs is 3. The Hall–Kier alpha value is -2.11. The Labute approximate surface area is 233 Å². The van der Waals surface area contributed by atoms with Crippen molar-refractivity contribution in [2.45, 2.75) is 101 Å². The zero-order chi connectivity index (χ0) is 28.8. The lowest BCUT2D eigenvalue weighted by molar-refractivity contribution is -0.256. The number of Topliss-reactive ketones (excluding diaryl/α,β-unsaturated/α-hetero) is 1. The molecule has 2 saturated carbocycles. The molecule has 2 N–H and O–H groups in total. The topological polar surface area (TPSA) is 138 Å². The highest BCUT2D eigenvalue weighted by atomic mass is 16.7. The van der Waals surface area contributed by atoms with E-state index in [-0.39, 0.29) is 47.8 Å². The molecular weight excluding hydrogens is 520 g/mol. The van der Waals surface area contributed by atoms with Crippen LogP contribution in [-0.2, 0) is 38.1 Å². The average Bonchev–Trinajstić information content (AvgIpc) is 3.11. The van der Waals surface area contributed by atoms with Gasteiger partial charge in [-0.25, -0.2) is 9.59 Å². The number of rotatable bonds is 3. The van der Waals surface area contributed by atoms with Gasteiger partial charge in [-0.1, -0.05) is 13.8 Å². The molecule has 6 fully saturated rings. The van der Waals surface area contributed by atoms with Gasteiger partial charge in [-0.2, -0.15) is 0 Å². The number of hydrogen-bond donors (Lipinski definition) is 2. The molecular formula is C30H38O10. The van der Waals surface area contributed by atoms with Crippen molar-refractivity contribution in [2.24, 2.45) is 35.0 Å². The zero-order valence-corrected chi connectivity index (χ0v) is 23.8.